The van der Waals surface area contributed by atoms with Gasteiger partial charge in [-0.15, -0.1) is 0 Å². The van der Waals surface area contributed by atoms with Crippen molar-refractivity contribution in [2.75, 3.05) is 0 Å². The topological polar surface area (TPSA) is 46.2 Å². The Morgan fingerprint density at radius 2 is 2.17 bits per heavy atom. The first kappa shape index (κ1) is 9.07. The predicted molar refractivity (Wildman–Crippen MR) is 50.1 cm³/mol. The molecule has 0 aromatic heterocycles. The highest BCUT2D eigenvalue weighted by Crippen LogP contribution is 2.21. The van der Waals surface area contributed by atoms with Gasteiger partial charge in [-0.05, 0) is 36.6 Å². The van der Waals surface area contributed by atoms with Crippen LogP contribution in [0.1, 0.15) is 31.0 Å². The highest BCUT2D eigenvalue weighted by atomic mass is 16.3. The molecule has 0 spiro atoms. The molecule has 1 atom stereocenters. The molecular formula is C10H15NO. The molecular weight excluding hydrogens is 150 g/mol. The Balaban J connectivity index is 3.11. The fraction of sp³-hybridized carbons (Fsp3) is 0.400. The molecule has 1 aromatic carbocycles. The summed E-state index contributed by atoms with van der Waals surface area (Å²) in [5.74, 6) is 0.316. The van der Waals surface area contributed by atoms with Gasteiger partial charge in [-0.25, -0.2) is 0 Å². The Morgan fingerprint density at radius 1 is 1.50 bits per heavy atom. The molecule has 66 valence electrons. The minimum Gasteiger partial charge on any atom is -0.508 e. The van der Waals surface area contributed by atoms with E-state index in [4.69, 9.17) is 5.73 Å². The highest BCUT2D eigenvalue weighted by molar-refractivity contribution is 5.36. The van der Waals surface area contributed by atoms with Crippen molar-refractivity contribution >= 4 is 0 Å². The van der Waals surface area contributed by atoms with Crippen LogP contribution in [-0.2, 0) is 6.42 Å². The minimum atomic E-state index is 0.0422. The van der Waals surface area contributed by atoms with Gasteiger partial charge < -0.3 is 10.8 Å². The number of hydrogen-bond acceptors (Lipinski definition) is 2. The van der Waals surface area contributed by atoms with Gasteiger partial charge in [0, 0.05) is 6.04 Å². The Kier molecular flexibility index (Phi) is 2.71. The molecule has 1 aromatic rings. The molecule has 0 unspecified atom stereocenters. The largest absolute Gasteiger partial charge is 0.508 e. The van der Waals surface area contributed by atoms with Crippen LogP contribution in [0.25, 0.3) is 0 Å². The summed E-state index contributed by atoms with van der Waals surface area (Å²) >= 11 is 0. The van der Waals surface area contributed by atoms with E-state index in [-0.39, 0.29) is 6.04 Å². The smallest absolute Gasteiger partial charge is 0.115 e. The Morgan fingerprint density at radius 3 is 2.67 bits per heavy atom. The molecule has 1 rings (SSSR count). The maximum Gasteiger partial charge on any atom is 0.115 e. The molecule has 12 heavy (non-hydrogen) atoms. The maximum absolute atomic E-state index is 9.21. The van der Waals surface area contributed by atoms with E-state index in [1.807, 2.05) is 13.0 Å². The van der Waals surface area contributed by atoms with Gasteiger partial charge in [-0.2, -0.15) is 0 Å². The molecule has 0 aliphatic heterocycles. The van der Waals surface area contributed by atoms with Crippen LogP contribution >= 0.6 is 0 Å². The molecule has 0 bridgehead atoms. The molecule has 0 saturated heterocycles. The number of rotatable bonds is 2. The van der Waals surface area contributed by atoms with Gasteiger partial charge in [0.25, 0.3) is 0 Å². The van der Waals surface area contributed by atoms with Gasteiger partial charge >= 0.3 is 0 Å². The quantitative estimate of drug-likeness (QED) is 0.703. The fourth-order valence-electron chi connectivity index (χ4n) is 1.34. The summed E-state index contributed by atoms with van der Waals surface area (Å²) in [4.78, 5) is 0. The summed E-state index contributed by atoms with van der Waals surface area (Å²) < 4.78 is 0. The van der Waals surface area contributed by atoms with E-state index in [1.165, 1.54) is 0 Å². The van der Waals surface area contributed by atoms with Gasteiger partial charge in [0.15, 0.2) is 0 Å². The SMILES string of the molecule is CCc1cc(O)ccc1[C@@H](C)N. The fourth-order valence-corrected chi connectivity index (χ4v) is 1.34. The van der Waals surface area contributed by atoms with Gasteiger partial charge in [0.1, 0.15) is 5.75 Å². The standard InChI is InChI=1S/C10H15NO/c1-3-8-6-9(12)4-5-10(8)7(2)11/h4-7,12H,3,11H2,1-2H3/t7-/m1/s1. The van der Waals surface area contributed by atoms with Crippen molar-refractivity contribution in [1.29, 1.82) is 0 Å². The second kappa shape index (κ2) is 3.59. The van der Waals surface area contributed by atoms with Crippen LogP contribution < -0.4 is 5.73 Å². The summed E-state index contributed by atoms with van der Waals surface area (Å²) in [6.07, 6.45) is 0.908. The van der Waals surface area contributed by atoms with Crippen molar-refractivity contribution in [2.24, 2.45) is 5.73 Å². The molecule has 0 saturated carbocycles. The average Bonchev–Trinajstić information content (AvgIpc) is 2.03. The summed E-state index contributed by atoms with van der Waals surface area (Å²) in [6.45, 7) is 4.01. The van der Waals surface area contributed by atoms with Crippen molar-refractivity contribution < 1.29 is 5.11 Å². The molecule has 0 aliphatic rings. The number of nitrogens with two attached hydrogens (primary N) is 1. The average molecular weight is 165 g/mol. The molecule has 0 heterocycles. The first-order valence-corrected chi connectivity index (χ1v) is 4.22. The van der Waals surface area contributed by atoms with Gasteiger partial charge in [0.05, 0.1) is 0 Å². The van der Waals surface area contributed by atoms with Gasteiger partial charge in [-0.3, -0.25) is 0 Å². The van der Waals surface area contributed by atoms with E-state index in [1.54, 1.807) is 12.1 Å². The second-order valence-corrected chi connectivity index (χ2v) is 3.03. The van der Waals surface area contributed by atoms with Gasteiger partial charge in [-0.1, -0.05) is 13.0 Å². The van der Waals surface area contributed by atoms with Crippen LogP contribution in [-0.4, -0.2) is 5.11 Å². The number of phenols is 1. The zero-order valence-corrected chi connectivity index (χ0v) is 7.54. The molecule has 2 nitrogen and oxygen atoms in total. The summed E-state index contributed by atoms with van der Waals surface area (Å²) in [6, 6.07) is 5.38. The third-order valence-electron chi connectivity index (χ3n) is 2.00. The first-order valence-electron chi connectivity index (χ1n) is 4.22. The summed E-state index contributed by atoms with van der Waals surface area (Å²) in [5, 5.41) is 9.21. The number of aromatic hydroxyl groups is 1. The zero-order valence-electron chi connectivity index (χ0n) is 7.54. The Labute approximate surface area is 73.0 Å². The lowest BCUT2D eigenvalue weighted by Crippen LogP contribution is -2.07. The van der Waals surface area contributed by atoms with E-state index in [0.29, 0.717) is 5.75 Å². The molecule has 0 radical (unpaired) electrons. The van der Waals surface area contributed by atoms with E-state index < -0.39 is 0 Å². The monoisotopic (exact) mass is 165 g/mol. The third kappa shape index (κ3) is 1.77. The van der Waals surface area contributed by atoms with Crippen molar-refractivity contribution in [3.8, 4) is 5.75 Å². The third-order valence-corrected chi connectivity index (χ3v) is 2.00. The molecule has 0 fully saturated rings. The number of phenolic OH excluding ortho intramolecular Hbond substituents is 1. The molecule has 0 aliphatic carbocycles. The predicted octanol–water partition coefficient (Wildman–Crippen LogP) is 1.97. The van der Waals surface area contributed by atoms with E-state index in [2.05, 4.69) is 6.92 Å². The molecule has 2 heteroatoms. The van der Waals surface area contributed by atoms with Crippen molar-refractivity contribution in [3.05, 3.63) is 29.3 Å². The summed E-state index contributed by atoms with van der Waals surface area (Å²) in [5.41, 5.74) is 8.01. The Bertz CT molecular complexity index is 269. The molecule has 3 N–H and O–H groups in total. The lowest BCUT2D eigenvalue weighted by Gasteiger charge is -2.11. The van der Waals surface area contributed by atoms with E-state index >= 15 is 0 Å². The van der Waals surface area contributed by atoms with Crippen molar-refractivity contribution in [1.82, 2.24) is 0 Å². The van der Waals surface area contributed by atoms with Crippen molar-refractivity contribution in [3.63, 3.8) is 0 Å². The molecule has 0 amide bonds. The van der Waals surface area contributed by atoms with Crippen LogP contribution in [0, 0.1) is 0 Å². The van der Waals surface area contributed by atoms with Crippen molar-refractivity contribution in [2.45, 2.75) is 26.3 Å². The highest BCUT2D eigenvalue weighted by Gasteiger charge is 2.05. The number of hydrogen-bond donors (Lipinski definition) is 2. The lowest BCUT2D eigenvalue weighted by atomic mass is 10.00. The number of benzene rings is 1. The number of aryl methyl sites for hydroxylation is 1. The van der Waals surface area contributed by atoms with Gasteiger partial charge in [0.2, 0.25) is 0 Å². The van der Waals surface area contributed by atoms with Crippen LogP contribution in [0.5, 0.6) is 5.75 Å². The Hall–Kier alpha value is -1.02. The van der Waals surface area contributed by atoms with E-state index in [0.717, 1.165) is 17.5 Å². The van der Waals surface area contributed by atoms with Crippen LogP contribution in [0.2, 0.25) is 0 Å². The van der Waals surface area contributed by atoms with Crippen LogP contribution in [0.3, 0.4) is 0 Å². The first-order chi connectivity index (χ1) is 5.65. The van der Waals surface area contributed by atoms with Crippen LogP contribution in [0.15, 0.2) is 18.2 Å². The zero-order chi connectivity index (χ0) is 9.14. The van der Waals surface area contributed by atoms with Crippen LogP contribution in [0.4, 0.5) is 0 Å². The summed E-state index contributed by atoms with van der Waals surface area (Å²) in [7, 11) is 0. The normalized spacial score (nSPS) is 12.9. The second-order valence-electron chi connectivity index (χ2n) is 3.03. The maximum atomic E-state index is 9.21. The minimum absolute atomic E-state index is 0.0422. The lowest BCUT2D eigenvalue weighted by molar-refractivity contribution is 0.474. The van der Waals surface area contributed by atoms with E-state index in [9.17, 15) is 5.11 Å².